The van der Waals surface area contributed by atoms with E-state index in [0.717, 1.165) is 64.5 Å². The van der Waals surface area contributed by atoms with Gasteiger partial charge < -0.3 is 14.6 Å². The van der Waals surface area contributed by atoms with Crippen LogP contribution in [0.25, 0.3) is 17.1 Å². The third kappa shape index (κ3) is 4.00. The molecule has 0 spiro atoms. The monoisotopic (exact) mass is 458 g/mol. The molecule has 8 heteroatoms. The first-order valence-electron chi connectivity index (χ1n) is 11.3. The van der Waals surface area contributed by atoms with Gasteiger partial charge in [-0.1, -0.05) is 12.1 Å². The molecular weight excluding hydrogens is 431 g/mol. The lowest BCUT2D eigenvalue weighted by Crippen LogP contribution is -2.29. The molecule has 174 valence electrons. The van der Waals surface area contributed by atoms with E-state index < -0.39 is 5.54 Å². The van der Waals surface area contributed by atoms with E-state index in [0.29, 0.717) is 5.88 Å². The van der Waals surface area contributed by atoms with Crippen LogP contribution < -0.4 is 10.1 Å². The SMILES string of the molecule is COc1nc(-c2nnc(NC(C)(C)c3ccc(F)cc3)c3c2CCC3)ccc1-n1cnc(C)c1. The van der Waals surface area contributed by atoms with Crippen molar-refractivity contribution in [2.75, 3.05) is 12.4 Å². The quantitative estimate of drug-likeness (QED) is 0.437. The number of imidazole rings is 1. The zero-order valence-corrected chi connectivity index (χ0v) is 19.8. The van der Waals surface area contributed by atoms with E-state index in [-0.39, 0.29) is 5.82 Å². The van der Waals surface area contributed by atoms with Crippen LogP contribution in [0.5, 0.6) is 5.88 Å². The van der Waals surface area contributed by atoms with Crippen molar-refractivity contribution in [1.29, 1.82) is 0 Å². The number of rotatable bonds is 6. The molecule has 1 aromatic carbocycles. The normalized spacial score (nSPS) is 13.1. The summed E-state index contributed by atoms with van der Waals surface area (Å²) in [6.07, 6.45) is 6.54. The van der Waals surface area contributed by atoms with Gasteiger partial charge in [0.1, 0.15) is 17.2 Å². The van der Waals surface area contributed by atoms with Crippen molar-refractivity contribution in [3.05, 3.63) is 77.1 Å². The molecule has 0 unspecified atom stereocenters. The van der Waals surface area contributed by atoms with E-state index in [1.807, 2.05) is 29.8 Å². The molecule has 7 nitrogen and oxygen atoms in total. The zero-order chi connectivity index (χ0) is 23.9. The highest BCUT2D eigenvalue weighted by molar-refractivity contribution is 5.67. The minimum absolute atomic E-state index is 0.248. The van der Waals surface area contributed by atoms with Crippen LogP contribution in [0.15, 0.2) is 48.9 Å². The Kier molecular flexibility index (Phi) is 5.51. The minimum atomic E-state index is -0.438. The first kappa shape index (κ1) is 22.0. The topological polar surface area (TPSA) is 77.8 Å². The van der Waals surface area contributed by atoms with Gasteiger partial charge in [0.05, 0.1) is 30.4 Å². The molecule has 4 aromatic rings. The summed E-state index contributed by atoms with van der Waals surface area (Å²) in [7, 11) is 1.61. The van der Waals surface area contributed by atoms with Crippen molar-refractivity contribution in [2.24, 2.45) is 0 Å². The number of fused-ring (bicyclic) bond motifs is 1. The fourth-order valence-corrected chi connectivity index (χ4v) is 4.49. The maximum Gasteiger partial charge on any atom is 0.238 e. The highest BCUT2D eigenvalue weighted by atomic mass is 19.1. The molecule has 1 N–H and O–H groups in total. The van der Waals surface area contributed by atoms with Gasteiger partial charge in [0.25, 0.3) is 0 Å². The van der Waals surface area contributed by atoms with E-state index in [1.165, 1.54) is 12.1 Å². The van der Waals surface area contributed by atoms with Crippen LogP contribution in [-0.4, -0.2) is 31.8 Å². The third-order valence-corrected chi connectivity index (χ3v) is 6.30. The smallest absolute Gasteiger partial charge is 0.238 e. The van der Waals surface area contributed by atoms with Crippen LogP contribution in [0.1, 0.15) is 42.7 Å². The second-order valence-electron chi connectivity index (χ2n) is 9.11. The molecule has 5 rings (SSSR count). The molecule has 0 amide bonds. The number of methoxy groups -OCH3 is 1. The van der Waals surface area contributed by atoms with Gasteiger partial charge in [-0.3, -0.25) is 0 Å². The van der Waals surface area contributed by atoms with Crippen LogP contribution >= 0.6 is 0 Å². The molecule has 1 aliphatic rings. The van der Waals surface area contributed by atoms with Crippen LogP contribution in [0.3, 0.4) is 0 Å². The number of aromatic nitrogens is 5. The minimum Gasteiger partial charge on any atom is -0.479 e. The lowest BCUT2D eigenvalue weighted by molar-refractivity contribution is 0.396. The molecule has 0 fully saturated rings. The average molecular weight is 459 g/mol. The molecule has 0 saturated carbocycles. The largest absolute Gasteiger partial charge is 0.479 e. The molecule has 1 aliphatic carbocycles. The van der Waals surface area contributed by atoms with Gasteiger partial charge in [-0.25, -0.2) is 14.4 Å². The molecule has 0 saturated heterocycles. The summed E-state index contributed by atoms with van der Waals surface area (Å²) in [4.78, 5) is 9.05. The Morgan fingerprint density at radius 1 is 1.03 bits per heavy atom. The Morgan fingerprint density at radius 2 is 1.79 bits per heavy atom. The summed E-state index contributed by atoms with van der Waals surface area (Å²) in [5.74, 6) is 1.02. The van der Waals surface area contributed by atoms with E-state index in [1.54, 1.807) is 25.6 Å². The summed E-state index contributed by atoms with van der Waals surface area (Å²) in [5, 5.41) is 12.7. The maximum absolute atomic E-state index is 13.4. The van der Waals surface area contributed by atoms with Gasteiger partial charge in [-0.2, -0.15) is 0 Å². The Bertz CT molecular complexity index is 1350. The number of pyridine rings is 1. The van der Waals surface area contributed by atoms with E-state index in [9.17, 15) is 4.39 Å². The van der Waals surface area contributed by atoms with Crippen molar-refractivity contribution < 1.29 is 9.13 Å². The van der Waals surface area contributed by atoms with Crippen LogP contribution in [0, 0.1) is 12.7 Å². The van der Waals surface area contributed by atoms with Gasteiger partial charge >= 0.3 is 0 Å². The number of nitrogens with zero attached hydrogens (tertiary/aromatic N) is 5. The highest BCUT2D eigenvalue weighted by Crippen LogP contribution is 2.37. The molecule has 3 heterocycles. The maximum atomic E-state index is 13.4. The number of anilines is 1. The number of ether oxygens (including phenoxy) is 1. The Hall–Kier alpha value is -3.81. The van der Waals surface area contributed by atoms with Crippen LogP contribution in [0.2, 0.25) is 0 Å². The predicted octanol–water partition coefficient (Wildman–Crippen LogP) is 5.02. The van der Waals surface area contributed by atoms with Crippen LogP contribution in [0.4, 0.5) is 10.2 Å². The number of nitrogens with one attached hydrogen (secondary N) is 1. The molecule has 0 aliphatic heterocycles. The summed E-state index contributed by atoms with van der Waals surface area (Å²) in [6, 6.07) is 10.5. The van der Waals surface area contributed by atoms with E-state index >= 15 is 0 Å². The van der Waals surface area contributed by atoms with Crippen molar-refractivity contribution in [3.8, 4) is 23.0 Å². The second-order valence-corrected chi connectivity index (χ2v) is 9.11. The zero-order valence-electron chi connectivity index (χ0n) is 19.8. The third-order valence-electron chi connectivity index (χ3n) is 6.30. The summed E-state index contributed by atoms with van der Waals surface area (Å²) < 4.78 is 20.9. The average Bonchev–Trinajstić information content (AvgIpc) is 3.49. The van der Waals surface area contributed by atoms with Crippen molar-refractivity contribution >= 4 is 5.82 Å². The van der Waals surface area contributed by atoms with Crippen molar-refractivity contribution in [2.45, 2.75) is 45.6 Å². The molecule has 0 bridgehead atoms. The number of halogens is 1. The van der Waals surface area contributed by atoms with Crippen LogP contribution in [-0.2, 0) is 18.4 Å². The fourth-order valence-electron chi connectivity index (χ4n) is 4.49. The first-order chi connectivity index (χ1) is 16.4. The predicted molar refractivity (Wildman–Crippen MR) is 129 cm³/mol. The summed E-state index contributed by atoms with van der Waals surface area (Å²) in [6.45, 7) is 6.05. The second kappa shape index (κ2) is 8.52. The Labute approximate surface area is 198 Å². The summed E-state index contributed by atoms with van der Waals surface area (Å²) in [5.41, 5.74) is 6.10. The summed E-state index contributed by atoms with van der Waals surface area (Å²) >= 11 is 0. The number of aryl methyl sites for hydroxylation is 1. The lowest BCUT2D eigenvalue weighted by Gasteiger charge is -2.28. The van der Waals surface area contributed by atoms with Gasteiger partial charge in [-0.05, 0) is 75.4 Å². The Morgan fingerprint density at radius 3 is 2.50 bits per heavy atom. The fraction of sp³-hybridized carbons (Fsp3) is 0.308. The van der Waals surface area contributed by atoms with Gasteiger partial charge in [-0.15, -0.1) is 10.2 Å². The number of hydrogen-bond donors (Lipinski definition) is 1. The van der Waals surface area contributed by atoms with E-state index in [4.69, 9.17) is 9.72 Å². The highest BCUT2D eigenvalue weighted by Gasteiger charge is 2.28. The molecule has 0 radical (unpaired) electrons. The van der Waals surface area contributed by atoms with Gasteiger partial charge in [0, 0.05) is 11.8 Å². The molecule has 3 aromatic heterocycles. The molecule has 0 atom stereocenters. The molecular formula is C26H27FN6O. The molecule has 34 heavy (non-hydrogen) atoms. The van der Waals surface area contributed by atoms with E-state index in [2.05, 4.69) is 34.3 Å². The van der Waals surface area contributed by atoms with Gasteiger partial charge in [0.15, 0.2) is 5.82 Å². The van der Waals surface area contributed by atoms with Crippen molar-refractivity contribution in [3.63, 3.8) is 0 Å². The first-order valence-corrected chi connectivity index (χ1v) is 11.3. The van der Waals surface area contributed by atoms with Crippen molar-refractivity contribution in [1.82, 2.24) is 24.7 Å². The lowest BCUT2D eigenvalue weighted by atomic mass is 9.94. The standard InChI is InChI=1S/C26H27FN6O/c1-16-14-33(15-28-16)22-13-12-21(29-25(22)34-4)23-19-6-5-7-20(19)24(32-31-23)30-26(2,3)17-8-10-18(27)11-9-17/h8-15H,5-7H2,1-4H3,(H,30,32). The number of hydrogen-bond acceptors (Lipinski definition) is 6. The number of benzene rings is 1. The van der Waals surface area contributed by atoms with Gasteiger partial charge in [0.2, 0.25) is 5.88 Å². The Balaban J connectivity index is 1.50.